The first kappa shape index (κ1) is 9.79. The van der Waals surface area contributed by atoms with Crippen molar-refractivity contribution < 1.29 is 4.79 Å². The number of nitrogens with one attached hydrogen (secondary N) is 1. The Morgan fingerprint density at radius 2 is 2.23 bits per heavy atom. The number of thioether (sulfide) groups is 1. The normalized spacial score (nSPS) is 10.0. The van der Waals surface area contributed by atoms with Gasteiger partial charge in [-0.25, -0.2) is 4.98 Å². The molecule has 0 aliphatic heterocycles. The third-order valence-corrected chi connectivity index (χ3v) is 2.28. The van der Waals surface area contributed by atoms with Gasteiger partial charge in [-0.15, -0.1) is 0 Å². The zero-order chi connectivity index (χ0) is 10.0. The Kier molecular flexibility index (Phi) is 2.72. The van der Waals surface area contributed by atoms with E-state index < -0.39 is 0 Å². The second-order valence-corrected chi connectivity index (χ2v) is 3.65. The van der Waals surface area contributed by atoms with Crippen molar-refractivity contribution in [3.8, 4) is 0 Å². The van der Waals surface area contributed by atoms with E-state index in [9.17, 15) is 9.59 Å². The highest BCUT2D eigenvalue weighted by Gasteiger charge is 2.09. The second kappa shape index (κ2) is 3.61. The van der Waals surface area contributed by atoms with Crippen molar-refractivity contribution in [2.45, 2.75) is 18.7 Å². The minimum absolute atomic E-state index is 0.0652. The van der Waals surface area contributed by atoms with E-state index in [4.69, 9.17) is 5.73 Å². The molecular formula is C7H9N3O2S. The quantitative estimate of drug-likeness (QED) is 0.635. The van der Waals surface area contributed by atoms with Crippen LogP contribution < -0.4 is 11.3 Å². The van der Waals surface area contributed by atoms with Crippen molar-refractivity contribution in [1.29, 1.82) is 0 Å². The van der Waals surface area contributed by atoms with Crippen LogP contribution in [0.3, 0.4) is 0 Å². The fourth-order valence-corrected chi connectivity index (χ4v) is 1.49. The SMILES string of the molecule is CC(=O)Sc1c(C)nc(N)[nH]c1=O. The molecule has 1 heterocycles. The zero-order valence-electron chi connectivity index (χ0n) is 7.25. The molecule has 5 nitrogen and oxygen atoms in total. The molecule has 0 bridgehead atoms. The van der Waals surface area contributed by atoms with E-state index in [1.165, 1.54) is 6.92 Å². The monoisotopic (exact) mass is 199 g/mol. The summed E-state index contributed by atoms with van der Waals surface area (Å²) >= 11 is 0.860. The first-order valence-electron chi connectivity index (χ1n) is 3.55. The van der Waals surface area contributed by atoms with Crippen molar-refractivity contribution in [3.05, 3.63) is 16.0 Å². The Labute approximate surface area is 78.8 Å². The number of rotatable bonds is 1. The number of carbonyl (C=O) groups is 1. The molecule has 1 aromatic heterocycles. The average Bonchev–Trinajstić information content (AvgIpc) is 1.96. The Morgan fingerprint density at radius 3 is 2.69 bits per heavy atom. The van der Waals surface area contributed by atoms with E-state index in [0.29, 0.717) is 10.6 Å². The molecule has 0 spiro atoms. The number of aromatic nitrogens is 2. The Bertz CT molecular complexity index is 399. The summed E-state index contributed by atoms with van der Waals surface area (Å²) in [7, 11) is 0. The maximum atomic E-state index is 11.2. The number of aromatic amines is 1. The molecule has 1 rings (SSSR count). The summed E-state index contributed by atoms with van der Waals surface area (Å²) in [5.41, 5.74) is 5.40. The van der Waals surface area contributed by atoms with E-state index in [1.807, 2.05) is 0 Å². The molecule has 0 saturated carbocycles. The summed E-state index contributed by atoms with van der Waals surface area (Å²) in [6.45, 7) is 3.02. The molecule has 13 heavy (non-hydrogen) atoms. The third kappa shape index (κ3) is 2.32. The van der Waals surface area contributed by atoms with Gasteiger partial charge < -0.3 is 5.73 Å². The average molecular weight is 199 g/mol. The first-order valence-corrected chi connectivity index (χ1v) is 4.37. The summed E-state index contributed by atoms with van der Waals surface area (Å²) in [6.07, 6.45) is 0. The molecule has 70 valence electrons. The van der Waals surface area contributed by atoms with Crippen molar-refractivity contribution in [2.75, 3.05) is 5.73 Å². The maximum Gasteiger partial charge on any atom is 0.266 e. The molecule has 1 aromatic rings. The number of nitrogens with two attached hydrogens (primary N) is 1. The number of carbonyl (C=O) groups excluding carboxylic acids is 1. The summed E-state index contributed by atoms with van der Waals surface area (Å²) < 4.78 is 0. The number of anilines is 1. The fourth-order valence-electron chi connectivity index (χ4n) is 0.861. The van der Waals surface area contributed by atoms with Gasteiger partial charge in [0.1, 0.15) is 4.90 Å². The van der Waals surface area contributed by atoms with Crippen LogP contribution in [-0.2, 0) is 4.79 Å². The molecule has 0 fully saturated rings. The second-order valence-electron chi connectivity index (χ2n) is 2.46. The van der Waals surface area contributed by atoms with Crippen molar-refractivity contribution in [2.24, 2.45) is 0 Å². The van der Waals surface area contributed by atoms with Crippen LogP contribution in [0.15, 0.2) is 9.69 Å². The van der Waals surface area contributed by atoms with Crippen LogP contribution in [-0.4, -0.2) is 15.1 Å². The molecular weight excluding hydrogens is 190 g/mol. The van der Waals surface area contributed by atoms with Crippen molar-refractivity contribution in [1.82, 2.24) is 9.97 Å². The van der Waals surface area contributed by atoms with Crippen LogP contribution in [0, 0.1) is 6.92 Å². The smallest absolute Gasteiger partial charge is 0.266 e. The van der Waals surface area contributed by atoms with Gasteiger partial charge in [-0.3, -0.25) is 14.6 Å². The van der Waals surface area contributed by atoms with Gasteiger partial charge in [0.2, 0.25) is 5.95 Å². The van der Waals surface area contributed by atoms with Gasteiger partial charge in [0.15, 0.2) is 5.12 Å². The number of nitrogens with zero attached hydrogens (tertiary/aromatic N) is 1. The van der Waals surface area contributed by atoms with E-state index >= 15 is 0 Å². The molecule has 6 heteroatoms. The Morgan fingerprint density at radius 1 is 1.62 bits per heavy atom. The lowest BCUT2D eigenvalue weighted by Gasteiger charge is -2.01. The lowest BCUT2D eigenvalue weighted by molar-refractivity contribution is -0.109. The Balaban J connectivity index is 3.21. The molecule has 0 aromatic carbocycles. The van der Waals surface area contributed by atoms with Gasteiger partial charge in [-0.05, 0) is 18.7 Å². The highest BCUT2D eigenvalue weighted by atomic mass is 32.2. The molecule has 0 aliphatic rings. The third-order valence-electron chi connectivity index (χ3n) is 1.31. The zero-order valence-corrected chi connectivity index (χ0v) is 8.07. The summed E-state index contributed by atoms with van der Waals surface area (Å²) in [4.78, 5) is 28.5. The molecule has 0 radical (unpaired) electrons. The predicted octanol–water partition coefficient (Wildman–Crippen LogP) is 0.299. The van der Waals surface area contributed by atoms with E-state index in [-0.39, 0.29) is 16.6 Å². The van der Waals surface area contributed by atoms with Gasteiger partial charge in [0, 0.05) is 6.92 Å². The van der Waals surface area contributed by atoms with E-state index in [1.54, 1.807) is 6.92 Å². The predicted molar refractivity (Wildman–Crippen MR) is 50.5 cm³/mol. The van der Waals surface area contributed by atoms with Gasteiger partial charge >= 0.3 is 0 Å². The Hall–Kier alpha value is -1.30. The number of aryl methyl sites for hydroxylation is 1. The van der Waals surface area contributed by atoms with Crippen molar-refractivity contribution >= 4 is 22.8 Å². The van der Waals surface area contributed by atoms with Crippen LogP contribution in [0.5, 0.6) is 0 Å². The maximum absolute atomic E-state index is 11.2. The first-order chi connectivity index (χ1) is 6.00. The summed E-state index contributed by atoms with van der Waals surface area (Å²) in [6, 6.07) is 0. The van der Waals surface area contributed by atoms with E-state index in [2.05, 4.69) is 9.97 Å². The molecule has 0 unspecified atom stereocenters. The highest BCUT2D eigenvalue weighted by molar-refractivity contribution is 8.13. The number of H-pyrrole nitrogens is 1. The lowest BCUT2D eigenvalue weighted by atomic mass is 10.4. The van der Waals surface area contributed by atoms with Crippen LogP contribution in [0.2, 0.25) is 0 Å². The molecule has 0 saturated heterocycles. The van der Waals surface area contributed by atoms with Gasteiger partial charge in [0.25, 0.3) is 5.56 Å². The van der Waals surface area contributed by atoms with Crippen molar-refractivity contribution in [3.63, 3.8) is 0 Å². The van der Waals surface area contributed by atoms with Crippen LogP contribution in [0.25, 0.3) is 0 Å². The van der Waals surface area contributed by atoms with Gasteiger partial charge in [0.05, 0.1) is 5.69 Å². The molecule has 0 amide bonds. The van der Waals surface area contributed by atoms with Crippen LogP contribution >= 0.6 is 11.8 Å². The summed E-state index contributed by atoms with van der Waals surface area (Å²) in [5.74, 6) is 0.0652. The topological polar surface area (TPSA) is 88.8 Å². The van der Waals surface area contributed by atoms with Gasteiger partial charge in [-0.1, -0.05) is 0 Å². The largest absolute Gasteiger partial charge is 0.369 e. The fraction of sp³-hybridized carbons (Fsp3) is 0.286. The standard InChI is InChI=1S/C7H9N3O2S/c1-3-5(13-4(2)11)6(12)10-7(8)9-3/h1-2H3,(H3,8,9,10,12). The minimum atomic E-state index is -0.370. The van der Waals surface area contributed by atoms with Crippen LogP contribution in [0.1, 0.15) is 12.6 Å². The number of nitrogen functional groups attached to an aromatic ring is 1. The minimum Gasteiger partial charge on any atom is -0.369 e. The molecule has 3 N–H and O–H groups in total. The van der Waals surface area contributed by atoms with Gasteiger partial charge in [-0.2, -0.15) is 0 Å². The van der Waals surface area contributed by atoms with Crippen LogP contribution in [0.4, 0.5) is 5.95 Å². The highest BCUT2D eigenvalue weighted by Crippen LogP contribution is 2.16. The lowest BCUT2D eigenvalue weighted by Crippen LogP contribution is -2.15. The number of hydrogen-bond donors (Lipinski definition) is 2. The number of hydrogen-bond acceptors (Lipinski definition) is 5. The van der Waals surface area contributed by atoms with E-state index in [0.717, 1.165) is 11.8 Å². The molecule has 0 atom stereocenters. The summed E-state index contributed by atoms with van der Waals surface area (Å²) in [5, 5.41) is -0.153. The molecule has 0 aliphatic carbocycles.